The number of nitrogens with two attached hydrogens (primary N) is 1. The molecule has 0 aromatic carbocycles. The lowest BCUT2D eigenvalue weighted by Gasteiger charge is -2.23. The third-order valence-corrected chi connectivity index (χ3v) is 2.42. The minimum Gasteiger partial charge on any atom is -0.252 e. The lowest BCUT2D eigenvalue weighted by atomic mass is 9.87. The summed E-state index contributed by atoms with van der Waals surface area (Å²) in [5.74, 6) is 1.40. The molecule has 1 atom stereocenters. The van der Waals surface area contributed by atoms with Crippen LogP contribution in [0.3, 0.4) is 0 Å². The summed E-state index contributed by atoms with van der Waals surface area (Å²) in [7, 11) is -1.04. The maximum absolute atomic E-state index is 10.3. The molecule has 3 heteroatoms. The highest BCUT2D eigenvalue weighted by Crippen LogP contribution is 2.26. The van der Waals surface area contributed by atoms with E-state index in [0.29, 0.717) is 5.92 Å². The molecule has 8 heavy (non-hydrogen) atoms. The van der Waals surface area contributed by atoms with Crippen molar-refractivity contribution >= 4 is 11.0 Å². The Bertz CT molecular complexity index is 101. The highest BCUT2D eigenvalue weighted by atomic mass is 32.2. The zero-order valence-electron chi connectivity index (χ0n) is 4.80. The second-order valence-electron chi connectivity index (χ2n) is 2.34. The number of rotatable bonds is 2. The third-order valence-electron chi connectivity index (χ3n) is 1.62. The average Bonchev–Trinajstić information content (AvgIpc) is 1.55. The van der Waals surface area contributed by atoms with Crippen LogP contribution in [0, 0.1) is 5.92 Å². The van der Waals surface area contributed by atoms with Crippen molar-refractivity contribution in [1.29, 1.82) is 0 Å². The van der Waals surface area contributed by atoms with Gasteiger partial charge in [-0.05, 0) is 18.8 Å². The predicted molar refractivity (Wildman–Crippen MR) is 34.5 cm³/mol. The normalized spacial score (nSPS) is 24.6. The van der Waals surface area contributed by atoms with Gasteiger partial charge in [0.05, 0.1) is 11.0 Å². The molecule has 1 saturated carbocycles. The van der Waals surface area contributed by atoms with Crippen molar-refractivity contribution in [3.8, 4) is 0 Å². The fourth-order valence-corrected chi connectivity index (χ4v) is 1.69. The predicted octanol–water partition coefficient (Wildman–Crippen LogP) is 0.409. The maximum atomic E-state index is 10.3. The first-order valence-corrected chi connectivity index (χ1v) is 4.30. The molecule has 0 amide bonds. The van der Waals surface area contributed by atoms with Crippen molar-refractivity contribution in [3.05, 3.63) is 0 Å². The van der Waals surface area contributed by atoms with Gasteiger partial charge in [-0.2, -0.15) is 0 Å². The van der Waals surface area contributed by atoms with Crippen LogP contribution in [0.25, 0.3) is 0 Å². The van der Waals surface area contributed by atoms with Crippen LogP contribution in [0.5, 0.6) is 0 Å². The average molecular weight is 133 g/mol. The van der Waals surface area contributed by atoms with E-state index in [0.717, 1.165) is 5.75 Å². The number of hydrogen-bond acceptors (Lipinski definition) is 1. The molecule has 48 valence electrons. The summed E-state index contributed by atoms with van der Waals surface area (Å²) in [6.07, 6.45) is 3.79. The standard InChI is InChI=1S/C5H11NOS/c6-8(7)4-5-2-1-3-5/h5H,1-4,6H2. The first-order valence-electron chi connectivity index (χ1n) is 2.92. The molecule has 1 unspecified atom stereocenters. The third kappa shape index (κ3) is 1.56. The lowest BCUT2D eigenvalue weighted by Crippen LogP contribution is -2.22. The lowest BCUT2D eigenvalue weighted by molar-refractivity contribution is 0.350. The van der Waals surface area contributed by atoms with Crippen LogP contribution < -0.4 is 5.14 Å². The van der Waals surface area contributed by atoms with Crippen LogP contribution in [-0.4, -0.2) is 9.96 Å². The van der Waals surface area contributed by atoms with Crippen molar-refractivity contribution in [3.63, 3.8) is 0 Å². The van der Waals surface area contributed by atoms with Gasteiger partial charge < -0.3 is 0 Å². The van der Waals surface area contributed by atoms with Gasteiger partial charge in [0.1, 0.15) is 0 Å². The molecular formula is C5H11NOS. The highest BCUT2D eigenvalue weighted by Gasteiger charge is 2.18. The highest BCUT2D eigenvalue weighted by molar-refractivity contribution is 7.82. The van der Waals surface area contributed by atoms with Gasteiger partial charge in [0.15, 0.2) is 0 Å². The van der Waals surface area contributed by atoms with Crippen LogP contribution in [0.1, 0.15) is 19.3 Å². The van der Waals surface area contributed by atoms with Crippen molar-refractivity contribution in [2.75, 3.05) is 5.75 Å². The fourth-order valence-electron chi connectivity index (χ4n) is 0.892. The van der Waals surface area contributed by atoms with Gasteiger partial charge >= 0.3 is 0 Å². The molecule has 0 radical (unpaired) electrons. The molecule has 0 aliphatic heterocycles. The Hall–Kier alpha value is 0.110. The van der Waals surface area contributed by atoms with Crippen LogP contribution in [0.2, 0.25) is 0 Å². The second kappa shape index (κ2) is 2.60. The van der Waals surface area contributed by atoms with Crippen molar-refractivity contribution in [2.45, 2.75) is 19.3 Å². The summed E-state index contributed by atoms with van der Waals surface area (Å²) < 4.78 is 10.3. The Kier molecular flexibility index (Phi) is 2.02. The molecule has 0 aromatic heterocycles. The van der Waals surface area contributed by atoms with Gasteiger partial charge in [0, 0.05) is 5.75 Å². The molecule has 1 fully saturated rings. The van der Waals surface area contributed by atoms with Gasteiger partial charge in [0.25, 0.3) is 0 Å². The topological polar surface area (TPSA) is 43.1 Å². The van der Waals surface area contributed by atoms with Crippen molar-refractivity contribution in [1.82, 2.24) is 0 Å². The Morgan fingerprint density at radius 3 is 2.38 bits per heavy atom. The maximum Gasteiger partial charge on any atom is 0.0890 e. The van der Waals surface area contributed by atoms with Crippen molar-refractivity contribution in [2.24, 2.45) is 11.1 Å². The van der Waals surface area contributed by atoms with E-state index in [9.17, 15) is 4.21 Å². The van der Waals surface area contributed by atoms with E-state index in [1.807, 2.05) is 0 Å². The van der Waals surface area contributed by atoms with Crippen LogP contribution in [-0.2, 0) is 11.0 Å². The molecule has 1 aliphatic rings. The van der Waals surface area contributed by atoms with Crippen LogP contribution in [0.15, 0.2) is 0 Å². The molecule has 0 aromatic rings. The molecule has 1 aliphatic carbocycles. The minimum atomic E-state index is -1.04. The smallest absolute Gasteiger partial charge is 0.0890 e. The van der Waals surface area contributed by atoms with E-state index in [1.54, 1.807) is 0 Å². The van der Waals surface area contributed by atoms with Gasteiger partial charge in [-0.15, -0.1) is 0 Å². The Labute approximate surface area is 52.0 Å². The van der Waals surface area contributed by atoms with E-state index < -0.39 is 11.0 Å². The Morgan fingerprint density at radius 2 is 2.25 bits per heavy atom. The first kappa shape index (κ1) is 6.23. The zero-order valence-corrected chi connectivity index (χ0v) is 5.62. The molecule has 2 nitrogen and oxygen atoms in total. The molecular weight excluding hydrogens is 122 g/mol. The molecule has 0 saturated heterocycles. The van der Waals surface area contributed by atoms with Crippen molar-refractivity contribution < 1.29 is 4.21 Å². The summed E-state index contributed by atoms with van der Waals surface area (Å²) >= 11 is 0. The molecule has 1 rings (SSSR count). The van der Waals surface area contributed by atoms with E-state index in [4.69, 9.17) is 5.14 Å². The molecule has 2 N–H and O–H groups in total. The van der Waals surface area contributed by atoms with Gasteiger partial charge in [-0.25, -0.2) is 4.21 Å². The molecule has 0 spiro atoms. The Balaban J connectivity index is 2.09. The molecule has 0 heterocycles. The Morgan fingerprint density at radius 1 is 1.62 bits per heavy atom. The monoisotopic (exact) mass is 133 g/mol. The summed E-state index contributed by atoms with van der Waals surface area (Å²) in [5, 5.41) is 5.08. The first-order chi connectivity index (χ1) is 3.79. The van der Waals surface area contributed by atoms with Crippen LogP contribution >= 0.6 is 0 Å². The zero-order chi connectivity index (χ0) is 5.98. The minimum absolute atomic E-state index is 0.681. The van der Waals surface area contributed by atoms with Gasteiger partial charge in [-0.1, -0.05) is 6.42 Å². The molecule has 0 bridgehead atoms. The largest absolute Gasteiger partial charge is 0.252 e. The SMILES string of the molecule is NS(=O)CC1CCC1. The second-order valence-corrected chi connectivity index (χ2v) is 3.44. The summed E-state index contributed by atoms with van der Waals surface area (Å²) in [4.78, 5) is 0. The van der Waals surface area contributed by atoms with E-state index in [1.165, 1.54) is 19.3 Å². The summed E-state index contributed by atoms with van der Waals surface area (Å²) in [6, 6.07) is 0. The van der Waals surface area contributed by atoms with Crippen LogP contribution in [0.4, 0.5) is 0 Å². The fraction of sp³-hybridized carbons (Fsp3) is 1.00. The van der Waals surface area contributed by atoms with Gasteiger partial charge in [-0.3, -0.25) is 5.14 Å². The van der Waals surface area contributed by atoms with E-state index >= 15 is 0 Å². The number of hydrogen-bond donors (Lipinski definition) is 1. The summed E-state index contributed by atoms with van der Waals surface area (Å²) in [6.45, 7) is 0. The summed E-state index contributed by atoms with van der Waals surface area (Å²) in [5.41, 5.74) is 0. The van der Waals surface area contributed by atoms with Gasteiger partial charge in [0.2, 0.25) is 0 Å². The van der Waals surface area contributed by atoms with E-state index in [2.05, 4.69) is 0 Å². The van der Waals surface area contributed by atoms with E-state index in [-0.39, 0.29) is 0 Å². The quantitative estimate of drug-likeness (QED) is 0.582.